The molecule has 7 heteroatoms. The molecule has 1 aliphatic heterocycles. The van der Waals surface area contributed by atoms with Crippen LogP contribution in [-0.4, -0.2) is 29.2 Å². The van der Waals surface area contributed by atoms with Gasteiger partial charge >= 0.3 is 0 Å². The standard InChI is InChI=1S/C15H19N3O3.ClH/c1-10(8-16)15(21)17-12-4-2-11(3-5-12)9-18-13(19)6-7-14(18)20;/h2-5,10H,6-9,16H2,1H3,(H,17,21);1H. The second-order valence-corrected chi connectivity index (χ2v) is 5.20. The van der Waals surface area contributed by atoms with Gasteiger partial charge in [-0.05, 0) is 17.7 Å². The Labute approximate surface area is 135 Å². The van der Waals surface area contributed by atoms with Crippen LogP contribution in [0.5, 0.6) is 0 Å². The van der Waals surface area contributed by atoms with E-state index in [0.29, 0.717) is 25.1 Å². The molecule has 2 rings (SSSR count). The van der Waals surface area contributed by atoms with Crippen LogP contribution >= 0.6 is 12.4 Å². The largest absolute Gasteiger partial charge is 0.330 e. The lowest BCUT2D eigenvalue weighted by Crippen LogP contribution is -2.28. The summed E-state index contributed by atoms with van der Waals surface area (Å²) < 4.78 is 0. The predicted molar refractivity (Wildman–Crippen MR) is 85.3 cm³/mol. The fourth-order valence-electron chi connectivity index (χ4n) is 2.05. The molecule has 6 nitrogen and oxygen atoms in total. The Hall–Kier alpha value is -1.92. The third-order valence-electron chi connectivity index (χ3n) is 3.52. The summed E-state index contributed by atoms with van der Waals surface area (Å²) in [6, 6.07) is 7.09. The van der Waals surface area contributed by atoms with Crippen molar-refractivity contribution in [3.8, 4) is 0 Å². The maximum Gasteiger partial charge on any atom is 0.229 e. The van der Waals surface area contributed by atoms with E-state index in [2.05, 4.69) is 5.32 Å². The van der Waals surface area contributed by atoms with Crippen molar-refractivity contribution < 1.29 is 14.4 Å². The third kappa shape index (κ3) is 4.29. The van der Waals surface area contributed by atoms with Gasteiger partial charge in [0, 0.05) is 31.0 Å². The minimum atomic E-state index is -0.246. The molecule has 1 fully saturated rings. The van der Waals surface area contributed by atoms with E-state index in [1.165, 1.54) is 4.90 Å². The molecule has 1 aromatic rings. The van der Waals surface area contributed by atoms with Gasteiger partial charge in [0.25, 0.3) is 0 Å². The molecule has 1 aliphatic rings. The maximum atomic E-state index is 11.7. The Kier molecular flexibility index (Phi) is 6.52. The molecule has 0 spiro atoms. The van der Waals surface area contributed by atoms with E-state index in [9.17, 15) is 14.4 Å². The van der Waals surface area contributed by atoms with Crippen LogP contribution < -0.4 is 11.1 Å². The van der Waals surface area contributed by atoms with Gasteiger partial charge < -0.3 is 11.1 Å². The van der Waals surface area contributed by atoms with Crippen LogP contribution in [0.2, 0.25) is 0 Å². The first-order chi connectivity index (χ1) is 10.0. The molecule has 3 amide bonds. The second-order valence-electron chi connectivity index (χ2n) is 5.20. The van der Waals surface area contributed by atoms with Crippen LogP contribution in [0.4, 0.5) is 5.69 Å². The van der Waals surface area contributed by atoms with E-state index in [1.807, 2.05) is 0 Å². The molecule has 0 radical (unpaired) electrons. The van der Waals surface area contributed by atoms with Gasteiger partial charge in [0.1, 0.15) is 0 Å². The van der Waals surface area contributed by atoms with E-state index < -0.39 is 0 Å². The molecular weight excluding hydrogens is 306 g/mol. The van der Waals surface area contributed by atoms with Crippen molar-refractivity contribution in [1.82, 2.24) is 4.90 Å². The number of likely N-dealkylation sites (tertiary alicyclic amines) is 1. The zero-order valence-electron chi connectivity index (χ0n) is 12.4. The summed E-state index contributed by atoms with van der Waals surface area (Å²) in [6.07, 6.45) is 0.591. The summed E-state index contributed by atoms with van der Waals surface area (Å²) in [5.41, 5.74) is 6.96. The highest BCUT2D eigenvalue weighted by Crippen LogP contribution is 2.17. The predicted octanol–water partition coefficient (Wildman–Crippen LogP) is 1.29. The van der Waals surface area contributed by atoms with Gasteiger partial charge in [-0.25, -0.2) is 0 Å². The highest BCUT2D eigenvalue weighted by Gasteiger charge is 2.28. The number of carbonyl (C=O) groups is 3. The second kappa shape index (κ2) is 7.91. The number of nitrogens with one attached hydrogen (secondary N) is 1. The van der Waals surface area contributed by atoms with Crippen molar-refractivity contribution >= 4 is 35.8 Å². The van der Waals surface area contributed by atoms with Crippen molar-refractivity contribution in [2.45, 2.75) is 26.3 Å². The van der Waals surface area contributed by atoms with Gasteiger partial charge in [-0.15, -0.1) is 12.4 Å². The number of hydrogen-bond acceptors (Lipinski definition) is 4. The average molecular weight is 326 g/mol. The minimum Gasteiger partial charge on any atom is -0.330 e. The summed E-state index contributed by atoms with van der Waals surface area (Å²) in [7, 11) is 0. The van der Waals surface area contributed by atoms with Crippen LogP contribution in [-0.2, 0) is 20.9 Å². The fraction of sp³-hybridized carbons (Fsp3) is 0.400. The van der Waals surface area contributed by atoms with Crippen LogP contribution in [0, 0.1) is 5.92 Å². The van der Waals surface area contributed by atoms with E-state index >= 15 is 0 Å². The topological polar surface area (TPSA) is 92.5 Å². The van der Waals surface area contributed by atoms with E-state index in [-0.39, 0.29) is 42.6 Å². The number of anilines is 1. The molecule has 1 unspecified atom stereocenters. The molecule has 1 saturated heterocycles. The molecule has 1 heterocycles. The zero-order valence-corrected chi connectivity index (χ0v) is 13.2. The van der Waals surface area contributed by atoms with E-state index in [0.717, 1.165) is 5.56 Å². The van der Waals surface area contributed by atoms with Crippen molar-refractivity contribution in [3.63, 3.8) is 0 Å². The maximum absolute atomic E-state index is 11.7. The Morgan fingerprint density at radius 1 is 1.23 bits per heavy atom. The molecule has 22 heavy (non-hydrogen) atoms. The monoisotopic (exact) mass is 325 g/mol. The van der Waals surface area contributed by atoms with Crippen LogP contribution in [0.3, 0.4) is 0 Å². The Balaban J connectivity index is 0.00000242. The average Bonchev–Trinajstić information content (AvgIpc) is 2.80. The van der Waals surface area contributed by atoms with Crippen LogP contribution in [0.15, 0.2) is 24.3 Å². The summed E-state index contributed by atoms with van der Waals surface area (Å²) in [5.74, 6) is -0.636. The number of rotatable bonds is 5. The number of benzene rings is 1. The zero-order chi connectivity index (χ0) is 15.4. The van der Waals surface area contributed by atoms with Crippen molar-refractivity contribution in [1.29, 1.82) is 0 Å². The quantitative estimate of drug-likeness (QED) is 0.798. The van der Waals surface area contributed by atoms with Gasteiger partial charge in [-0.1, -0.05) is 19.1 Å². The molecular formula is C15H20ClN3O3. The summed E-state index contributed by atoms with van der Waals surface area (Å²) in [5, 5.41) is 2.76. The number of amides is 3. The van der Waals surface area contributed by atoms with Crippen molar-refractivity contribution in [3.05, 3.63) is 29.8 Å². The number of halogens is 1. The van der Waals surface area contributed by atoms with E-state index in [4.69, 9.17) is 5.73 Å². The lowest BCUT2D eigenvalue weighted by molar-refractivity contribution is -0.139. The number of imide groups is 1. The minimum absolute atomic E-state index is 0. The van der Waals surface area contributed by atoms with Crippen molar-refractivity contribution in [2.75, 3.05) is 11.9 Å². The Morgan fingerprint density at radius 3 is 2.27 bits per heavy atom. The number of nitrogens with zero attached hydrogens (tertiary/aromatic N) is 1. The Bertz CT molecular complexity index is 544. The normalized spacial score (nSPS) is 15.5. The molecule has 1 aromatic carbocycles. The van der Waals surface area contributed by atoms with Crippen molar-refractivity contribution in [2.24, 2.45) is 11.7 Å². The first-order valence-electron chi connectivity index (χ1n) is 6.94. The van der Waals surface area contributed by atoms with Gasteiger partial charge in [0.15, 0.2) is 0 Å². The fourth-order valence-corrected chi connectivity index (χ4v) is 2.05. The molecule has 120 valence electrons. The van der Waals surface area contributed by atoms with Gasteiger partial charge in [-0.3, -0.25) is 19.3 Å². The first kappa shape index (κ1) is 18.1. The molecule has 0 aromatic heterocycles. The highest BCUT2D eigenvalue weighted by atomic mass is 35.5. The van der Waals surface area contributed by atoms with Crippen LogP contribution in [0.1, 0.15) is 25.3 Å². The lowest BCUT2D eigenvalue weighted by atomic mass is 10.1. The summed E-state index contributed by atoms with van der Waals surface area (Å²) in [6.45, 7) is 2.34. The highest BCUT2D eigenvalue weighted by molar-refractivity contribution is 6.01. The van der Waals surface area contributed by atoms with Gasteiger partial charge in [-0.2, -0.15) is 0 Å². The first-order valence-corrected chi connectivity index (χ1v) is 6.94. The Morgan fingerprint density at radius 2 is 1.77 bits per heavy atom. The lowest BCUT2D eigenvalue weighted by Gasteiger charge is -2.14. The molecule has 0 aliphatic carbocycles. The van der Waals surface area contributed by atoms with Crippen LogP contribution in [0.25, 0.3) is 0 Å². The smallest absolute Gasteiger partial charge is 0.229 e. The number of hydrogen-bond donors (Lipinski definition) is 2. The summed E-state index contributed by atoms with van der Waals surface area (Å²) in [4.78, 5) is 36.1. The third-order valence-corrected chi connectivity index (χ3v) is 3.52. The SMILES string of the molecule is CC(CN)C(=O)Nc1ccc(CN2C(=O)CCC2=O)cc1.Cl. The molecule has 3 N–H and O–H groups in total. The molecule has 0 bridgehead atoms. The number of carbonyl (C=O) groups excluding carboxylic acids is 3. The molecule has 1 atom stereocenters. The van der Waals surface area contributed by atoms with Gasteiger partial charge in [0.05, 0.1) is 6.54 Å². The number of nitrogens with two attached hydrogens (primary N) is 1. The molecule has 0 saturated carbocycles. The van der Waals surface area contributed by atoms with Gasteiger partial charge in [0.2, 0.25) is 17.7 Å². The summed E-state index contributed by atoms with van der Waals surface area (Å²) >= 11 is 0. The van der Waals surface area contributed by atoms with E-state index in [1.54, 1.807) is 31.2 Å².